The Balaban J connectivity index is 2.16. The maximum Gasteiger partial charge on any atom is 0.229 e. The molecule has 0 amide bonds. The lowest BCUT2D eigenvalue weighted by Gasteiger charge is -2.04. The smallest absolute Gasteiger partial charge is 0.229 e. The van der Waals surface area contributed by atoms with Crippen LogP contribution in [-0.4, -0.2) is 20.5 Å². The minimum atomic E-state index is -3.35. The number of thiophene rings is 1. The highest BCUT2D eigenvalue weighted by atomic mass is 32.2. The van der Waals surface area contributed by atoms with Crippen LogP contribution in [0.4, 0.5) is 5.69 Å². The van der Waals surface area contributed by atoms with Crippen molar-refractivity contribution in [2.75, 3.05) is 11.0 Å². The molecule has 0 aliphatic heterocycles. The molecule has 0 saturated carbocycles. The van der Waals surface area contributed by atoms with Gasteiger partial charge in [-0.15, -0.1) is 0 Å². The van der Waals surface area contributed by atoms with Crippen molar-refractivity contribution in [3.05, 3.63) is 58.3 Å². The van der Waals surface area contributed by atoms with Gasteiger partial charge in [0.2, 0.25) is 10.0 Å². The maximum absolute atomic E-state index is 12.0. The van der Waals surface area contributed by atoms with Crippen LogP contribution in [0.25, 0.3) is 6.08 Å². The van der Waals surface area contributed by atoms with Crippen LogP contribution in [0.15, 0.2) is 47.2 Å². The van der Waals surface area contributed by atoms with E-state index < -0.39 is 10.0 Å². The van der Waals surface area contributed by atoms with Gasteiger partial charge >= 0.3 is 0 Å². The van der Waals surface area contributed by atoms with Crippen molar-refractivity contribution in [2.45, 2.75) is 0 Å². The molecule has 0 saturated heterocycles. The van der Waals surface area contributed by atoms with Gasteiger partial charge < -0.3 is 0 Å². The van der Waals surface area contributed by atoms with Crippen LogP contribution in [-0.2, 0) is 10.0 Å². The first-order valence-electron chi connectivity index (χ1n) is 5.76. The summed E-state index contributed by atoms with van der Waals surface area (Å²) in [6, 6.07) is 8.31. The Morgan fingerprint density at radius 2 is 2.10 bits per heavy atom. The van der Waals surface area contributed by atoms with E-state index in [1.165, 1.54) is 12.1 Å². The van der Waals surface area contributed by atoms with E-state index in [1.807, 2.05) is 16.8 Å². The number of carbonyl (C=O) groups excluding carboxylic acids is 1. The van der Waals surface area contributed by atoms with Gasteiger partial charge in [-0.3, -0.25) is 9.52 Å². The lowest BCUT2D eigenvalue weighted by molar-refractivity contribution is 0.104. The molecule has 1 aromatic carbocycles. The summed E-state index contributed by atoms with van der Waals surface area (Å²) in [5.41, 5.74) is 1.78. The van der Waals surface area contributed by atoms with E-state index in [9.17, 15) is 13.2 Å². The minimum Gasteiger partial charge on any atom is -0.289 e. The predicted octanol–water partition coefficient (Wildman–Crippen LogP) is 3.02. The van der Waals surface area contributed by atoms with Crippen molar-refractivity contribution in [3.8, 4) is 0 Å². The van der Waals surface area contributed by atoms with Gasteiger partial charge in [0.15, 0.2) is 5.78 Å². The molecule has 1 heterocycles. The van der Waals surface area contributed by atoms with Crippen LogP contribution in [0.1, 0.15) is 15.9 Å². The van der Waals surface area contributed by atoms with Gasteiger partial charge in [0.25, 0.3) is 0 Å². The standard InChI is InChI=1S/C14H13NO3S2/c1-20(17,18)15-13-4-2-3-12(9-13)14(16)6-5-11-7-8-19-10-11/h2-10,15H,1H3/b6-5-. The largest absolute Gasteiger partial charge is 0.289 e. The Kier molecular flexibility index (Phi) is 4.36. The Morgan fingerprint density at radius 1 is 1.30 bits per heavy atom. The highest BCUT2D eigenvalue weighted by Gasteiger charge is 2.06. The van der Waals surface area contributed by atoms with E-state index in [2.05, 4.69) is 4.72 Å². The molecule has 0 fully saturated rings. The highest BCUT2D eigenvalue weighted by Crippen LogP contribution is 2.14. The van der Waals surface area contributed by atoms with Gasteiger partial charge in [-0.25, -0.2) is 8.42 Å². The number of hydrogen-bond donors (Lipinski definition) is 1. The number of anilines is 1. The third-order valence-corrected chi connectivity index (χ3v) is 3.73. The first kappa shape index (κ1) is 14.5. The fraction of sp³-hybridized carbons (Fsp3) is 0.0714. The summed E-state index contributed by atoms with van der Waals surface area (Å²) in [5, 5.41) is 3.87. The lowest BCUT2D eigenvalue weighted by Crippen LogP contribution is -2.10. The Hall–Kier alpha value is -1.92. The maximum atomic E-state index is 12.0. The fourth-order valence-electron chi connectivity index (χ4n) is 1.59. The fourth-order valence-corrected chi connectivity index (χ4v) is 2.77. The lowest BCUT2D eigenvalue weighted by atomic mass is 10.1. The summed E-state index contributed by atoms with van der Waals surface area (Å²) in [4.78, 5) is 12.0. The molecule has 0 atom stereocenters. The molecule has 1 N–H and O–H groups in total. The summed E-state index contributed by atoms with van der Waals surface area (Å²) in [6.45, 7) is 0. The average molecular weight is 307 g/mol. The number of allylic oxidation sites excluding steroid dienone is 1. The van der Waals surface area contributed by atoms with Gasteiger partial charge in [-0.1, -0.05) is 18.2 Å². The van der Waals surface area contributed by atoms with E-state index in [-0.39, 0.29) is 5.78 Å². The number of rotatable bonds is 5. The zero-order chi connectivity index (χ0) is 14.6. The van der Waals surface area contributed by atoms with E-state index in [4.69, 9.17) is 0 Å². The van der Waals surface area contributed by atoms with Gasteiger partial charge in [-0.05, 0) is 40.6 Å². The second-order valence-electron chi connectivity index (χ2n) is 4.21. The van der Waals surface area contributed by atoms with Gasteiger partial charge in [-0.2, -0.15) is 11.3 Å². The molecule has 0 aliphatic carbocycles. The number of sulfonamides is 1. The molecule has 2 aromatic rings. The normalized spacial score (nSPS) is 11.7. The molecule has 1 aromatic heterocycles. The zero-order valence-corrected chi connectivity index (χ0v) is 12.4. The summed E-state index contributed by atoms with van der Waals surface area (Å²) >= 11 is 1.56. The molecule has 4 nitrogen and oxygen atoms in total. The molecule has 0 radical (unpaired) electrons. The SMILES string of the molecule is CS(=O)(=O)Nc1cccc(C(=O)/C=C\c2ccsc2)c1. The number of hydrogen-bond acceptors (Lipinski definition) is 4. The molecule has 0 spiro atoms. The molecule has 20 heavy (non-hydrogen) atoms. The van der Waals surface area contributed by atoms with E-state index in [0.717, 1.165) is 11.8 Å². The van der Waals surface area contributed by atoms with E-state index in [0.29, 0.717) is 11.3 Å². The highest BCUT2D eigenvalue weighted by molar-refractivity contribution is 7.92. The second kappa shape index (κ2) is 6.02. The third-order valence-electron chi connectivity index (χ3n) is 2.42. The van der Waals surface area contributed by atoms with Crippen molar-refractivity contribution < 1.29 is 13.2 Å². The van der Waals surface area contributed by atoms with Crippen molar-refractivity contribution in [2.24, 2.45) is 0 Å². The van der Waals surface area contributed by atoms with Crippen LogP contribution in [0.3, 0.4) is 0 Å². The van der Waals surface area contributed by atoms with Crippen LogP contribution < -0.4 is 4.72 Å². The predicted molar refractivity (Wildman–Crippen MR) is 82.6 cm³/mol. The zero-order valence-electron chi connectivity index (χ0n) is 10.7. The Bertz CT molecular complexity index is 732. The van der Waals surface area contributed by atoms with Crippen LogP contribution >= 0.6 is 11.3 Å². The molecular formula is C14H13NO3S2. The molecule has 0 bridgehead atoms. The van der Waals surface area contributed by atoms with Gasteiger partial charge in [0.1, 0.15) is 0 Å². The van der Waals surface area contributed by atoms with E-state index >= 15 is 0 Å². The van der Waals surface area contributed by atoms with Crippen LogP contribution in [0.2, 0.25) is 0 Å². The first-order valence-corrected chi connectivity index (χ1v) is 8.60. The molecule has 2 rings (SSSR count). The summed E-state index contributed by atoms with van der Waals surface area (Å²) in [7, 11) is -3.35. The topological polar surface area (TPSA) is 63.2 Å². The van der Waals surface area contributed by atoms with Crippen LogP contribution in [0.5, 0.6) is 0 Å². The second-order valence-corrected chi connectivity index (χ2v) is 6.74. The van der Waals surface area contributed by atoms with Gasteiger partial charge in [0.05, 0.1) is 6.26 Å². The number of carbonyl (C=O) groups is 1. The number of nitrogens with one attached hydrogen (secondary N) is 1. The summed E-state index contributed by atoms with van der Waals surface area (Å²) in [5.74, 6) is -0.173. The minimum absolute atomic E-state index is 0.173. The van der Waals surface area contributed by atoms with Crippen molar-refractivity contribution in [3.63, 3.8) is 0 Å². The monoisotopic (exact) mass is 307 g/mol. The molecule has 0 unspecified atom stereocenters. The summed E-state index contributed by atoms with van der Waals surface area (Å²) < 4.78 is 24.7. The van der Waals surface area contributed by atoms with Crippen molar-refractivity contribution in [1.82, 2.24) is 0 Å². The van der Waals surface area contributed by atoms with Crippen molar-refractivity contribution >= 4 is 38.9 Å². The summed E-state index contributed by atoms with van der Waals surface area (Å²) in [6.07, 6.45) is 4.27. The molecule has 6 heteroatoms. The quantitative estimate of drug-likeness (QED) is 0.682. The Labute approximate surface area is 121 Å². The first-order chi connectivity index (χ1) is 9.44. The molecule has 0 aliphatic rings. The molecule has 104 valence electrons. The van der Waals surface area contributed by atoms with Gasteiger partial charge in [0, 0.05) is 11.3 Å². The van der Waals surface area contributed by atoms with Crippen LogP contribution in [0, 0.1) is 0 Å². The average Bonchev–Trinajstić information content (AvgIpc) is 2.87. The van der Waals surface area contributed by atoms with Crippen molar-refractivity contribution in [1.29, 1.82) is 0 Å². The number of ketones is 1. The third kappa shape index (κ3) is 4.32. The Morgan fingerprint density at radius 3 is 2.75 bits per heavy atom. The number of benzene rings is 1. The van der Waals surface area contributed by atoms with E-state index in [1.54, 1.807) is 35.6 Å². The molecular weight excluding hydrogens is 294 g/mol.